The predicted molar refractivity (Wildman–Crippen MR) is 138 cm³/mol. The molecular weight excluding hydrogens is 472 g/mol. The van der Waals surface area contributed by atoms with Crippen LogP contribution in [0.5, 0.6) is 0 Å². The zero-order valence-electron chi connectivity index (χ0n) is 20.7. The summed E-state index contributed by atoms with van der Waals surface area (Å²) in [5, 5.41) is 22.0. The first-order valence-electron chi connectivity index (χ1n) is 11.9. The molecule has 0 bridgehead atoms. The molecule has 3 aromatic rings. The maximum atomic E-state index is 11.6. The van der Waals surface area contributed by atoms with Gasteiger partial charge in [0.2, 0.25) is 0 Å². The van der Waals surface area contributed by atoms with Crippen LogP contribution in [-0.2, 0) is 43.6 Å². The Labute approximate surface area is 217 Å². The summed E-state index contributed by atoms with van der Waals surface area (Å²) in [5.74, 6) is 3.90. The van der Waals surface area contributed by atoms with E-state index < -0.39 is 30.4 Å². The molecule has 0 heterocycles. The topological polar surface area (TPSA) is 94.5 Å². The molecular formula is C30H32O7. The lowest BCUT2D eigenvalue weighted by Gasteiger charge is -2.32. The maximum absolute atomic E-state index is 11.6. The van der Waals surface area contributed by atoms with Crippen molar-refractivity contribution in [3.8, 4) is 11.8 Å². The summed E-state index contributed by atoms with van der Waals surface area (Å²) in [7, 11) is 1.20. The van der Waals surface area contributed by atoms with E-state index in [1.165, 1.54) is 7.11 Å². The number of methoxy groups -OCH3 is 1. The maximum Gasteiger partial charge on any atom is 0.384 e. The fraction of sp³-hybridized carbons (Fsp3) is 0.300. The van der Waals surface area contributed by atoms with Crippen molar-refractivity contribution >= 4 is 5.97 Å². The van der Waals surface area contributed by atoms with Crippen LogP contribution in [0.2, 0.25) is 0 Å². The number of aliphatic hydroxyl groups excluding tert-OH is 2. The lowest BCUT2D eigenvalue weighted by Crippen LogP contribution is -2.49. The van der Waals surface area contributed by atoms with E-state index in [0.717, 1.165) is 16.7 Å². The molecule has 4 atom stereocenters. The van der Waals surface area contributed by atoms with E-state index in [9.17, 15) is 15.0 Å². The second kappa shape index (κ2) is 15.6. The van der Waals surface area contributed by atoms with E-state index in [4.69, 9.17) is 14.2 Å². The third-order valence-corrected chi connectivity index (χ3v) is 5.49. The average Bonchev–Trinajstić information content (AvgIpc) is 2.94. The van der Waals surface area contributed by atoms with Crippen molar-refractivity contribution in [2.75, 3.05) is 13.7 Å². The van der Waals surface area contributed by atoms with E-state index in [1.807, 2.05) is 91.0 Å². The van der Waals surface area contributed by atoms with Gasteiger partial charge in [-0.1, -0.05) is 96.9 Å². The number of ether oxygens (including phenoxy) is 4. The average molecular weight is 505 g/mol. The molecule has 3 aromatic carbocycles. The molecule has 0 spiro atoms. The van der Waals surface area contributed by atoms with Crippen LogP contribution in [0.4, 0.5) is 0 Å². The molecule has 0 aliphatic heterocycles. The monoisotopic (exact) mass is 504 g/mol. The minimum Gasteiger partial charge on any atom is -0.459 e. The summed E-state index contributed by atoms with van der Waals surface area (Å²) in [5.41, 5.74) is 2.69. The van der Waals surface area contributed by atoms with Crippen molar-refractivity contribution < 1.29 is 34.0 Å². The molecule has 0 aromatic heterocycles. The number of benzene rings is 3. The van der Waals surface area contributed by atoms with Gasteiger partial charge in [-0.3, -0.25) is 0 Å². The highest BCUT2D eigenvalue weighted by Crippen LogP contribution is 2.19. The molecule has 7 heteroatoms. The van der Waals surface area contributed by atoms with Gasteiger partial charge in [-0.05, 0) is 16.7 Å². The van der Waals surface area contributed by atoms with Gasteiger partial charge in [-0.2, -0.15) is 0 Å². The van der Waals surface area contributed by atoms with Gasteiger partial charge in [-0.15, -0.1) is 0 Å². The first-order valence-corrected chi connectivity index (χ1v) is 11.9. The summed E-state index contributed by atoms with van der Waals surface area (Å²) in [6, 6.07) is 28.4. The van der Waals surface area contributed by atoms with E-state index in [1.54, 1.807) is 0 Å². The van der Waals surface area contributed by atoms with Crippen LogP contribution in [0.15, 0.2) is 91.0 Å². The minimum atomic E-state index is -1.45. The Hall–Kier alpha value is -3.51. The van der Waals surface area contributed by atoms with Crippen LogP contribution in [0.1, 0.15) is 16.7 Å². The molecule has 3 rings (SSSR count). The highest BCUT2D eigenvalue weighted by Gasteiger charge is 2.35. The van der Waals surface area contributed by atoms with Crippen molar-refractivity contribution in [1.82, 2.24) is 0 Å². The van der Waals surface area contributed by atoms with E-state index in [-0.39, 0.29) is 19.8 Å². The summed E-state index contributed by atoms with van der Waals surface area (Å²) in [6.07, 6.45) is -4.74. The Bertz CT molecular complexity index is 1110. The molecule has 0 saturated carbocycles. The molecule has 2 N–H and O–H groups in total. The summed E-state index contributed by atoms with van der Waals surface area (Å²) in [4.78, 5) is 11.6. The Kier molecular flexibility index (Phi) is 11.8. The Morgan fingerprint density at radius 3 is 1.68 bits per heavy atom. The largest absolute Gasteiger partial charge is 0.459 e. The molecule has 0 saturated heterocycles. The normalized spacial score (nSPS) is 14.0. The summed E-state index contributed by atoms with van der Waals surface area (Å²) in [6.45, 7) is 0.509. The SMILES string of the molecule is COC(=O)C#C[C@@H](O)[C@H](OCc1ccccc1)[C@H](OCc1ccccc1)[C@H](O)COCc1ccccc1. The van der Waals surface area contributed by atoms with E-state index in [2.05, 4.69) is 16.6 Å². The standard InChI is InChI=1S/C30H32O7/c1-34-28(33)18-17-26(31)29(36-20-24-13-7-3-8-14-24)30(37-21-25-15-9-4-10-16-25)27(32)22-35-19-23-11-5-2-6-12-23/h2-16,26-27,29-32H,19-22H2,1H3/t26-,27-,29+,30-/m1/s1. The number of rotatable bonds is 13. The van der Waals surface area contributed by atoms with Gasteiger partial charge in [0.15, 0.2) is 0 Å². The Balaban J connectivity index is 1.79. The molecule has 0 unspecified atom stereocenters. The lowest BCUT2D eigenvalue weighted by molar-refractivity contribution is -0.167. The third-order valence-electron chi connectivity index (χ3n) is 5.49. The molecule has 194 valence electrons. The number of hydrogen-bond donors (Lipinski definition) is 2. The van der Waals surface area contributed by atoms with Crippen LogP contribution in [-0.4, -0.2) is 54.3 Å². The van der Waals surface area contributed by atoms with Crippen LogP contribution in [0.3, 0.4) is 0 Å². The van der Waals surface area contributed by atoms with E-state index in [0.29, 0.717) is 6.61 Å². The molecule has 0 aliphatic rings. The summed E-state index contributed by atoms with van der Waals surface area (Å²) < 4.78 is 22.4. The first-order chi connectivity index (χ1) is 18.1. The third kappa shape index (κ3) is 9.81. The smallest absolute Gasteiger partial charge is 0.384 e. The van der Waals surface area contributed by atoms with Crippen molar-refractivity contribution in [2.24, 2.45) is 0 Å². The number of carbonyl (C=O) groups is 1. The second-order valence-electron chi connectivity index (χ2n) is 8.30. The van der Waals surface area contributed by atoms with Crippen molar-refractivity contribution in [1.29, 1.82) is 0 Å². The van der Waals surface area contributed by atoms with Crippen LogP contribution < -0.4 is 0 Å². The number of esters is 1. The molecule has 0 radical (unpaired) electrons. The molecule has 7 nitrogen and oxygen atoms in total. The van der Waals surface area contributed by atoms with Gasteiger partial charge in [0.05, 0.1) is 33.5 Å². The van der Waals surface area contributed by atoms with Crippen LogP contribution >= 0.6 is 0 Å². The van der Waals surface area contributed by atoms with Gasteiger partial charge in [0, 0.05) is 5.92 Å². The van der Waals surface area contributed by atoms with Gasteiger partial charge in [-0.25, -0.2) is 4.79 Å². The second-order valence-corrected chi connectivity index (χ2v) is 8.30. The molecule has 37 heavy (non-hydrogen) atoms. The Morgan fingerprint density at radius 1 is 0.730 bits per heavy atom. The van der Waals surface area contributed by atoms with E-state index >= 15 is 0 Å². The molecule has 0 amide bonds. The minimum absolute atomic E-state index is 0.0727. The summed E-state index contributed by atoms with van der Waals surface area (Å²) >= 11 is 0. The number of hydrogen-bond acceptors (Lipinski definition) is 7. The van der Waals surface area contributed by atoms with Crippen molar-refractivity contribution in [3.63, 3.8) is 0 Å². The zero-order valence-corrected chi connectivity index (χ0v) is 20.7. The predicted octanol–water partition coefficient (Wildman–Crippen LogP) is 3.27. The van der Waals surface area contributed by atoms with Gasteiger partial charge in [0.25, 0.3) is 0 Å². The van der Waals surface area contributed by atoms with Gasteiger partial charge >= 0.3 is 5.97 Å². The number of carbonyl (C=O) groups excluding carboxylic acids is 1. The highest BCUT2D eigenvalue weighted by atomic mass is 16.6. The Morgan fingerprint density at radius 2 is 1.19 bits per heavy atom. The fourth-order valence-electron chi connectivity index (χ4n) is 3.56. The van der Waals surface area contributed by atoms with Crippen LogP contribution in [0.25, 0.3) is 0 Å². The molecule has 0 fully saturated rings. The van der Waals surface area contributed by atoms with Gasteiger partial charge in [0.1, 0.15) is 24.4 Å². The lowest BCUT2D eigenvalue weighted by atomic mass is 10.0. The van der Waals surface area contributed by atoms with Crippen molar-refractivity contribution in [3.05, 3.63) is 108 Å². The molecule has 0 aliphatic carbocycles. The zero-order chi connectivity index (χ0) is 26.3. The highest BCUT2D eigenvalue weighted by molar-refractivity contribution is 5.88. The fourth-order valence-corrected chi connectivity index (χ4v) is 3.56. The van der Waals surface area contributed by atoms with Gasteiger partial charge < -0.3 is 29.2 Å². The number of aliphatic hydroxyl groups is 2. The van der Waals surface area contributed by atoms with Crippen molar-refractivity contribution in [2.45, 2.75) is 44.2 Å². The first kappa shape index (κ1) is 28.1. The quantitative estimate of drug-likeness (QED) is 0.210. The van der Waals surface area contributed by atoms with Crippen LogP contribution in [0, 0.1) is 11.8 Å².